The lowest BCUT2D eigenvalue weighted by Gasteiger charge is -2.15. The number of thiazole rings is 1. The van der Waals surface area contributed by atoms with Crippen molar-refractivity contribution in [2.75, 3.05) is 13.1 Å². The summed E-state index contributed by atoms with van der Waals surface area (Å²) < 4.78 is 0. The second kappa shape index (κ2) is 4.66. The van der Waals surface area contributed by atoms with E-state index in [9.17, 15) is 4.79 Å². The summed E-state index contributed by atoms with van der Waals surface area (Å²) in [6.07, 6.45) is 3.97. The van der Waals surface area contributed by atoms with Gasteiger partial charge in [0.1, 0.15) is 0 Å². The summed E-state index contributed by atoms with van der Waals surface area (Å²) in [7, 11) is 0. The maximum atomic E-state index is 12.5. The minimum atomic E-state index is 0.123. The highest BCUT2D eigenvalue weighted by atomic mass is 32.1. The summed E-state index contributed by atoms with van der Waals surface area (Å²) in [5.74, 6) is 2.46. The predicted molar refractivity (Wildman–Crippen MR) is 87.0 cm³/mol. The summed E-state index contributed by atoms with van der Waals surface area (Å²) in [6, 6.07) is 8.70. The molecular formula is C18H18N2OS. The van der Waals surface area contributed by atoms with Crippen molar-refractivity contribution in [3.63, 3.8) is 0 Å². The van der Waals surface area contributed by atoms with Crippen molar-refractivity contribution in [1.82, 2.24) is 9.88 Å². The van der Waals surface area contributed by atoms with Gasteiger partial charge in [-0.05, 0) is 42.6 Å². The fourth-order valence-corrected chi connectivity index (χ4v) is 4.34. The Morgan fingerprint density at radius 3 is 2.55 bits per heavy atom. The van der Waals surface area contributed by atoms with E-state index in [1.165, 1.54) is 36.2 Å². The highest BCUT2D eigenvalue weighted by molar-refractivity contribution is 7.12. The topological polar surface area (TPSA) is 33.2 Å². The molecule has 2 atom stereocenters. The van der Waals surface area contributed by atoms with E-state index in [1.807, 2.05) is 10.3 Å². The molecule has 0 spiro atoms. The summed E-state index contributed by atoms with van der Waals surface area (Å²) >= 11 is 1.48. The van der Waals surface area contributed by atoms with Gasteiger partial charge in [-0.2, -0.15) is 0 Å². The number of nitrogens with zero attached hydrogens (tertiary/aromatic N) is 2. The standard InChI is InChI=1S/C18H18N2OS/c21-18(20-8-14-7-15(14)9-20)17-19-16(10-22-17)13-5-3-12(4-6-13)11-1-2-11/h3-6,10-11,14-15H,1-2,7-9H2. The molecule has 1 aromatic carbocycles. The van der Waals surface area contributed by atoms with E-state index in [1.54, 1.807) is 0 Å². The summed E-state index contributed by atoms with van der Waals surface area (Å²) in [6.45, 7) is 1.88. The Bertz CT molecular complexity index is 722. The SMILES string of the molecule is O=C(c1nc(-c2ccc(C3CC3)cc2)cs1)N1CC2CC2C1. The van der Waals surface area contributed by atoms with E-state index >= 15 is 0 Å². The van der Waals surface area contributed by atoms with E-state index in [-0.39, 0.29) is 5.91 Å². The summed E-state index contributed by atoms with van der Waals surface area (Å²) in [4.78, 5) is 19.0. The van der Waals surface area contributed by atoms with Crippen LogP contribution in [-0.2, 0) is 0 Å². The van der Waals surface area contributed by atoms with Crippen LogP contribution >= 0.6 is 11.3 Å². The molecule has 1 aliphatic heterocycles. The smallest absolute Gasteiger partial charge is 0.282 e. The van der Waals surface area contributed by atoms with Gasteiger partial charge in [-0.1, -0.05) is 24.3 Å². The fourth-order valence-electron chi connectivity index (χ4n) is 3.55. The molecule has 2 aliphatic carbocycles. The third-order valence-corrected chi connectivity index (χ3v) is 6.04. The lowest BCUT2D eigenvalue weighted by Crippen LogP contribution is -2.30. The Morgan fingerprint density at radius 1 is 1.14 bits per heavy atom. The van der Waals surface area contributed by atoms with E-state index in [4.69, 9.17) is 0 Å². The van der Waals surface area contributed by atoms with Crippen molar-refractivity contribution in [2.45, 2.75) is 25.2 Å². The van der Waals surface area contributed by atoms with E-state index in [0.29, 0.717) is 5.01 Å². The molecular weight excluding hydrogens is 292 g/mol. The quantitative estimate of drug-likeness (QED) is 0.864. The van der Waals surface area contributed by atoms with E-state index in [0.717, 1.165) is 42.1 Å². The molecule has 3 fully saturated rings. The number of hydrogen-bond acceptors (Lipinski definition) is 3. The highest BCUT2D eigenvalue weighted by Gasteiger charge is 2.47. The predicted octanol–water partition coefficient (Wildman–Crippen LogP) is 3.78. The highest BCUT2D eigenvalue weighted by Crippen LogP contribution is 2.45. The Balaban J connectivity index is 1.35. The largest absolute Gasteiger partial charge is 0.336 e. The number of aromatic nitrogens is 1. The Labute approximate surface area is 134 Å². The molecule has 112 valence electrons. The van der Waals surface area contributed by atoms with Crippen molar-refractivity contribution in [2.24, 2.45) is 11.8 Å². The molecule has 0 N–H and O–H groups in total. The number of rotatable bonds is 3. The monoisotopic (exact) mass is 310 g/mol. The van der Waals surface area contributed by atoms with E-state index in [2.05, 4.69) is 29.2 Å². The van der Waals surface area contributed by atoms with Crippen LogP contribution in [-0.4, -0.2) is 28.9 Å². The lowest BCUT2D eigenvalue weighted by molar-refractivity contribution is 0.0775. The summed E-state index contributed by atoms with van der Waals surface area (Å²) in [5, 5.41) is 2.65. The van der Waals surface area contributed by atoms with Gasteiger partial charge in [0.15, 0.2) is 5.01 Å². The van der Waals surface area contributed by atoms with Crippen LogP contribution in [0.2, 0.25) is 0 Å². The Hall–Kier alpha value is -1.68. The maximum absolute atomic E-state index is 12.5. The molecule has 1 saturated heterocycles. The third-order valence-electron chi connectivity index (χ3n) is 5.21. The lowest BCUT2D eigenvalue weighted by atomic mass is 10.1. The minimum Gasteiger partial charge on any atom is -0.336 e. The van der Waals surface area contributed by atoms with Crippen LogP contribution in [0.15, 0.2) is 29.6 Å². The second-order valence-electron chi connectivity index (χ2n) is 6.90. The number of amides is 1. The molecule has 22 heavy (non-hydrogen) atoms. The zero-order valence-corrected chi connectivity index (χ0v) is 13.2. The van der Waals surface area contributed by atoms with Crippen molar-refractivity contribution >= 4 is 17.2 Å². The number of hydrogen-bond donors (Lipinski definition) is 0. The Morgan fingerprint density at radius 2 is 1.86 bits per heavy atom. The van der Waals surface area contributed by atoms with Gasteiger partial charge < -0.3 is 4.90 Å². The number of piperidine rings is 1. The van der Waals surface area contributed by atoms with Crippen LogP contribution in [0.4, 0.5) is 0 Å². The van der Waals surface area contributed by atoms with Gasteiger partial charge in [0.05, 0.1) is 5.69 Å². The van der Waals surface area contributed by atoms with Gasteiger partial charge in [-0.3, -0.25) is 4.79 Å². The van der Waals surface area contributed by atoms with Gasteiger partial charge in [0.25, 0.3) is 5.91 Å². The zero-order chi connectivity index (χ0) is 14.7. The molecule has 2 saturated carbocycles. The average Bonchev–Trinajstić information content (AvgIpc) is 3.45. The Kier molecular flexibility index (Phi) is 2.71. The fraction of sp³-hybridized carbons (Fsp3) is 0.444. The van der Waals surface area contributed by atoms with Crippen LogP contribution in [0.1, 0.15) is 40.5 Å². The van der Waals surface area contributed by atoms with Crippen LogP contribution in [0, 0.1) is 11.8 Å². The van der Waals surface area contributed by atoms with Gasteiger partial charge in [-0.15, -0.1) is 11.3 Å². The van der Waals surface area contributed by atoms with Crippen LogP contribution in [0.3, 0.4) is 0 Å². The molecule has 1 amide bonds. The molecule has 2 heterocycles. The van der Waals surface area contributed by atoms with Crippen LogP contribution in [0.25, 0.3) is 11.3 Å². The molecule has 5 rings (SSSR count). The number of benzene rings is 1. The van der Waals surface area contributed by atoms with Crippen LogP contribution < -0.4 is 0 Å². The number of likely N-dealkylation sites (tertiary alicyclic amines) is 1. The molecule has 2 unspecified atom stereocenters. The third kappa shape index (κ3) is 2.17. The second-order valence-corrected chi connectivity index (χ2v) is 7.76. The minimum absolute atomic E-state index is 0.123. The molecule has 1 aromatic heterocycles. The number of carbonyl (C=O) groups excluding carboxylic acids is 1. The van der Waals surface area contributed by atoms with Crippen LogP contribution in [0.5, 0.6) is 0 Å². The summed E-state index contributed by atoms with van der Waals surface area (Å²) in [5.41, 5.74) is 3.48. The van der Waals surface area contributed by atoms with Gasteiger partial charge in [-0.25, -0.2) is 4.98 Å². The maximum Gasteiger partial charge on any atom is 0.282 e. The van der Waals surface area contributed by atoms with Crippen molar-refractivity contribution < 1.29 is 4.79 Å². The number of carbonyl (C=O) groups is 1. The van der Waals surface area contributed by atoms with Crippen molar-refractivity contribution in [3.05, 3.63) is 40.2 Å². The van der Waals surface area contributed by atoms with Gasteiger partial charge >= 0.3 is 0 Å². The van der Waals surface area contributed by atoms with Gasteiger partial charge in [0, 0.05) is 24.0 Å². The molecule has 0 bridgehead atoms. The first-order chi connectivity index (χ1) is 10.8. The van der Waals surface area contributed by atoms with E-state index < -0.39 is 0 Å². The van der Waals surface area contributed by atoms with Crippen molar-refractivity contribution in [3.8, 4) is 11.3 Å². The average molecular weight is 310 g/mol. The van der Waals surface area contributed by atoms with Crippen molar-refractivity contribution in [1.29, 1.82) is 0 Å². The first-order valence-corrected chi connectivity index (χ1v) is 9.01. The normalized spacial score (nSPS) is 26.1. The molecule has 3 nitrogen and oxygen atoms in total. The molecule has 3 aliphatic rings. The first-order valence-electron chi connectivity index (χ1n) is 8.13. The zero-order valence-electron chi connectivity index (χ0n) is 12.4. The molecule has 4 heteroatoms. The van der Waals surface area contributed by atoms with Gasteiger partial charge in [0.2, 0.25) is 0 Å². The molecule has 0 radical (unpaired) electrons. The number of fused-ring (bicyclic) bond motifs is 1. The first kappa shape index (κ1) is 12.8. The molecule has 2 aromatic rings.